The topological polar surface area (TPSA) is 89.4 Å². The van der Waals surface area contributed by atoms with Crippen molar-refractivity contribution in [3.8, 4) is 0 Å². The van der Waals surface area contributed by atoms with Gasteiger partial charge in [-0.15, -0.1) is 0 Å². The van der Waals surface area contributed by atoms with Crippen LogP contribution in [0.1, 0.15) is 0 Å². The summed E-state index contributed by atoms with van der Waals surface area (Å²) in [6.07, 6.45) is 0. The van der Waals surface area contributed by atoms with Crippen molar-refractivity contribution in [2.75, 3.05) is 17.1 Å². The summed E-state index contributed by atoms with van der Waals surface area (Å²) in [5.74, 6) is 0. The van der Waals surface area contributed by atoms with Crippen molar-refractivity contribution in [3.63, 3.8) is 0 Å². The fourth-order valence-electron chi connectivity index (χ4n) is 0.927. The lowest BCUT2D eigenvalue weighted by atomic mass is 10.3. The van der Waals surface area contributed by atoms with Crippen LogP contribution in [0.15, 0.2) is 18.2 Å². The molecule has 0 bridgehead atoms. The molecule has 0 radical (unpaired) electrons. The molecular weight excluding hydrogens is 226 g/mol. The maximum Gasteiger partial charge on any atom is 0.298 e. The van der Waals surface area contributed by atoms with Gasteiger partial charge in [-0.2, -0.15) is 8.42 Å². The lowest BCUT2D eigenvalue weighted by molar-refractivity contribution is 0.596. The monoisotopic (exact) mass is 235 g/mol. The molecule has 0 unspecified atom stereocenters. The van der Waals surface area contributed by atoms with Gasteiger partial charge in [0.1, 0.15) is 0 Å². The molecule has 0 aliphatic carbocycles. The van der Waals surface area contributed by atoms with E-state index in [1.54, 1.807) is 6.07 Å². The molecule has 0 amide bonds. The molecule has 0 aliphatic heterocycles. The van der Waals surface area contributed by atoms with Gasteiger partial charge >= 0.3 is 0 Å². The second-order valence-corrected chi connectivity index (χ2v) is 4.73. The minimum atomic E-state index is -3.80. The van der Waals surface area contributed by atoms with E-state index in [4.69, 9.17) is 22.5 Å². The smallest absolute Gasteiger partial charge is 0.298 e. The highest BCUT2D eigenvalue weighted by Crippen LogP contribution is 2.26. The van der Waals surface area contributed by atoms with Crippen LogP contribution < -0.4 is 15.2 Å². The first-order valence-corrected chi connectivity index (χ1v) is 5.52. The molecule has 0 saturated carbocycles. The number of nitrogens with two attached hydrogens (primary N) is 2. The average molecular weight is 236 g/mol. The number of anilines is 2. The number of rotatable bonds is 2. The van der Waals surface area contributed by atoms with Crippen LogP contribution >= 0.6 is 11.6 Å². The number of hydrogen-bond acceptors (Lipinski definition) is 3. The summed E-state index contributed by atoms with van der Waals surface area (Å²) in [4.78, 5) is 0. The van der Waals surface area contributed by atoms with Crippen molar-refractivity contribution < 1.29 is 8.42 Å². The van der Waals surface area contributed by atoms with Gasteiger partial charge in [-0.25, -0.2) is 5.14 Å². The Morgan fingerprint density at radius 3 is 2.50 bits per heavy atom. The van der Waals surface area contributed by atoms with E-state index < -0.39 is 10.2 Å². The van der Waals surface area contributed by atoms with Crippen molar-refractivity contribution in [2.45, 2.75) is 0 Å². The van der Waals surface area contributed by atoms with E-state index in [0.29, 0.717) is 10.7 Å². The molecule has 5 nitrogen and oxygen atoms in total. The van der Waals surface area contributed by atoms with Crippen LogP contribution in [-0.4, -0.2) is 15.5 Å². The molecule has 0 fully saturated rings. The zero-order chi connectivity index (χ0) is 10.9. The summed E-state index contributed by atoms with van der Waals surface area (Å²) in [5.41, 5.74) is 6.13. The maximum absolute atomic E-state index is 11.0. The van der Waals surface area contributed by atoms with E-state index in [9.17, 15) is 8.42 Å². The quantitative estimate of drug-likeness (QED) is 0.734. The van der Waals surface area contributed by atoms with E-state index in [-0.39, 0.29) is 5.69 Å². The predicted molar refractivity (Wildman–Crippen MR) is 57.4 cm³/mol. The lowest BCUT2D eigenvalue weighted by Crippen LogP contribution is -2.33. The van der Waals surface area contributed by atoms with Gasteiger partial charge in [0, 0.05) is 12.1 Å². The van der Waals surface area contributed by atoms with Gasteiger partial charge in [0.2, 0.25) is 0 Å². The lowest BCUT2D eigenvalue weighted by Gasteiger charge is -2.17. The summed E-state index contributed by atoms with van der Waals surface area (Å²) in [6.45, 7) is 0. The Morgan fingerprint density at radius 1 is 1.43 bits per heavy atom. The molecule has 78 valence electrons. The first-order chi connectivity index (χ1) is 6.32. The highest BCUT2D eigenvalue weighted by atomic mass is 35.5. The number of nitrogens with zero attached hydrogens (tertiary/aromatic N) is 1. The molecule has 0 saturated heterocycles. The Kier molecular flexibility index (Phi) is 2.89. The molecule has 0 aromatic heterocycles. The summed E-state index contributed by atoms with van der Waals surface area (Å²) in [6, 6.07) is 4.51. The van der Waals surface area contributed by atoms with Crippen LogP contribution in [0.5, 0.6) is 0 Å². The van der Waals surface area contributed by atoms with Gasteiger partial charge < -0.3 is 5.73 Å². The summed E-state index contributed by atoms with van der Waals surface area (Å²) < 4.78 is 22.9. The number of hydrogen-bond donors (Lipinski definition) is 2. The average Bonchev–Trinajstić information content (AvgIpc) is 2.06. The second kappa shape index (κ2) is 3.64. The van der Waals surface area contributed by atoms with Crippen molar-refractivity contribution in [2.24, 2.45) is 5.14 Å². The molecule has 0 aliphatic rings. The molecule has 1 aromatic rings. The van der Waals surface area contributed by atoms with E-state index in [1.807, 2.05) is 0 Å². The predicted octanol–water partition coefficient (Wildman–Crippen LogP) is 0.562. The van der Waals surface area contributed by atoms with Crippen molar-refractivity contribution in [1.82, 2.24) is 0 Å². The van der Waals surface area contributed by atoms with Gasteiger partial charge in [-0.1, -0.05) is 11.6 Å². The van der Waals surface area contributed by atoms with Crippen molar-refractivity contribution in [1.29, 1.82) is 0 Å². The Morgan fingerprint density at radius 2 is 2.00 bits per heavy atom. The third kappa shape index (κ3) is 2.28. The highest BCUT2D eigenvalue weighted by molar-refractivity contribution is 7.90. The van der Waals surface area contributed by atoms with Crippen LogP contribution in [0.4, 0.5) is 11.4 Å². The summed E-state index contributed by atoms with van der Waals surface area (Å²) in [7, 11) is -2.50. The minimum Gasteiger partial charge on any atom is -0.397 e. The normalized spacial score (nSPS) is 11.4. The highest BCUT2D eigenvalue weighted by Gasteiger charge is 2.15. The Hall–Kier alpha value is -0.980. The number of halogens is 1. The maximum atomic E-state index is 11.0. The molecule has 1 rings (SSSR count). The minimum absolute atomic E-state index is 0.264. The van der Waals surface area contributed by atoms with Crippen LogP contribution in [0.25, 0.3) is 0 Å². The molecule has 0 atom stereocenters. The van der Waals surface area contributed by atoms with E-state index >= 15 is 0 Å². The first kappa shape index (κ1) is 11.1. The Labute approximate surface area is 87.4 Å². The zero-order valence-corrected chi connectivity index (χ0v) is 9.01. The second-order valence-electron chi connectivity index (χ2n) is 2.72. The third-order valence-corrected chi connectivity index (χ3v) is 2.91. The SMILES string of the molecule is CN(c1cc(Cl)ccc1N)S(N)(=O)=O. The Balaban J connectivity index is 3.26. The fraction of sp³-hybridized carbons (Fsp3) is 0.143. The zero-order valence-electron chi connectivity index (χ0n) is 7.44. The van der Waals surface area contributed by atoms with Crippen molar-refractivity contribution >= 4 is 33.2 Å². The van der Waals surface area contributed by atoms with Crippen LogP contribution in [-0.2, 0) is 10.2 Å². The standard InChI is InChI=1S/C7H10ClN3O2S/c1-11(14(10,12)13)7-4-5(8)2-3-6(7)9/h2-4H,9H2,1H3,(H2,10,12,13). The third-order valence-electron chi connectivity index (χ3n) is 1.71. The van der Waals surface area contributed by atoms with Crippen LogP contribution in [0.3, 0.4) is 0 Å². The molecule has 7 heteroatoms. The van der Waals surface area contributed by atoms with E-state index in [0.717, 1.165) is 4.31 Å². The summed E-state index contributed by atoms with van der Waals surface area (Å²) in [5, 5.41) is 5.32. The van der Waals surface area contributed by atoms with Gasteiger partial charge in [-0.05, 0) is 18.2 Å². The summed E-state index contributed by atoms with van der Waals surface area (Å²) >= 11 is 5.69. The van der Waals surface area contributed by atoms with Gasteiger partial charge in [0.25, 0.3) is 10.2 Å². The largest absolute Gasteiger partial charge is 0.397 e. The van der Waals surface area contributed by atoms with E-state index in [2.05, 4.69) is 0 Å². The van der Waals surface area contributed by atoms with Gasteiger partial charge in [0.15, 0.2) is 0 Å². The molecule has 1 aromatic carbocycles. The van der Waals surface area contributed by atoms with Crippen molar-refractivity contribution in [3.05, 3.63) is 23.2 Å². The first-order valence-electron chi connectivity index (χ1n) is 3.64. The molecular formula is C7H10ClN3O2S. The van der Waals surface area contributed by atoms with E-state index in [1.165, 1.54) is 19.2 Å². The Bertz CT molecular complexity index is 446. The molecule has 0 spiro atoms. The molecule has 14 heavy (non-hydrogen) atoms. The molecule has 4 N–H and O–H groups in total. The van der Waals surface area contributed by atoms with Crippen LogP contribution in [0, 0.1) is 0 Å². The van der Waals surface area contributed by atoms with Gasteiger partial charge in [-0.3, -0.25) is 4.31 Å². The number of benzene rings is 1. The molecule has 0 heterocycles. The fourth-order valence-corrected chi connectivity index (χ4v) is 1.53. The number of nitrogen functional groups attached to an aromatic ring is 1. The van der Waals surface area contributed by atoms with Crippen LogP contribution in [0.2, 0.25) is 5.02 Å². The van der Waals surface area contributed by atoms with Gasteiger partial charge in [0.05, 0.1) is 11.4 Å².